The Labute approximate surface area is 222 Å². The predicted molar refractivity (Wildman–Crippen MR) is 140 cm³/mol. The maximum atomic E-state index is 13.5. The molecule has 3 rings (SSSR count). The molecular formula is C25H22BrCl3N2O3. The Morgan fingerprint density at radius 1 is 1.00 bits per heavy atom. The van der Waals surface area contributed by atoms with Crippen molar-refractivity contribution in [2.75, 3.05) is 13.7 Å². The highest BCUT2D eigenvalue weighted by Gasteiger charge is 2.31. The van der Waals surface area contributed by atoms with Crippen molar-refractivity contribution in [2.24, 2.45) is 0 Å². The van der Waals surface area contributed by atoms with Gasteiger partial charge in [0.25, 0.3) is 5.91 Å². The van der Waals surface area contributed by atoms with Crippen molar-refractivity contribution in [3.63, 3.8) is 0 Å². The van der Waals surface area contributed by atoms with Gasteiger partial charge in [-0.2, -0.15) is 0 Å². The first-order valence-electron chi connectivity index (χ1n) is 10.4. The Kier molecular flexibility index (Phi) is 9.65. The van der Waals surface area contributed by atoms with Crippen molar-refractivity contribution in [3.05, 3.63) is 97.4 Å². The summed E-state index contributed by atoms with van der Waals surface area (Å²) in [5.74, 6) is -0.261. The van der Waals surface area contributed by atoms with Gasteiger partial charge in [0.15, 0.2) is 6.61 Å². The Hall–Kier alpha value is -2.25. The third kappa shape index (κ3) is 6.89. The van der Waals surface area contributed by atoms with Crippen LogP contribution in [0.1, 0.15) is 11.1 Å². The first-order valence-corrected chi connectivity index (χ1v) is 12.3. The second-order valence-corrected chi connectivity index (χ2v) is 9.51. The van der Waals surface area contributed by atoms with E-state index < -0.39 is 11.9 Å². The predicted octanol–water partition coefficient (Wildman–Crippen LogP) is 6.17. The van der Waals surface area contributed by atoms with Crippen LogP contribution < -0.4 is 10.1 Å². The van der Waals surface area contributed by atoms with Crippen molar-refractivity contribution in [2.45, 2.75) is 19.0 Å². The smallest absolute Gasteiger partial charge is 0.261 e. The van der Waals surface area contributed by atoms with Crippen LogP contribution in [-0.2, 0) is 22.6 Å². The van der Waals surface area contributed by atoms with Gasteiger partial charge in [0.05, 0.1) is 4.47 Å². The van der Waals surface area contributed by atoms with E-state index in [-0.39, 0.29) is 19.1 Å². The SMILES string of the molecule is CNC(=O)[C@@H](Cc1ccccc1)N(Cc1c(Cl)cccc1Cl)C(=O)COc1ccc(Cl)cc1Br. The summed E-state index contributed by atoms with van der Waals surface area (Å²) in [6.07, 6.45) is 0.305. The van der Waals surface area contributed by atoms with E-state index in [1.54, 1.807) is 36.4 Å². The number of carbonyl (C=O) groups is 2. The Balaban J connectivity index is 1.93. The van der Waals surface area contributed by atoms with E-state index in [0.29, 0.717) is 37.3 Å². The molecule has 3 aromatic carbocycles. The fourth-order valence-corrected chi connectivity index (χ4v) is 4.70. The van der Waals surface area contributed by atoms with Crippen molar-refractivity contribution in [3.8, 4) is 5.75 Å². The van der Waals surface area contributed by atoms with Crippen LogP contribution in [-0.4, -0.2) is 36.4 Å². The number of amides is 2. The fourth-order valence-electron chi connectivity index (χ4n) is 3.39. The molecule has 0 unspecified atom stereocenters. The van der Waals surface area contributed by atoms with E-state index in [0.717, 1.165) is 5.56 Å². The van der Waals surface area contributed by atoms with E-state index >= 15 is 0 Å². The third-order valence-electron chi connectivity index (χ3n) is 5.15. The summed E-state index contributed by atoms with van der Waals surface area (Å²) in [6.45, 7) is -0.266. The van der Waals surface area contributed by atoms with Crippen LogP contribution in [0.15, 0.2) is 71.2 Å². The molecular weight excluding hydrogens is 563 g/mol. The molecule has 0 fully saturated rings. The van der Waals surface area contributed by atoms with Crippen LogP contribution in [0.25, 0.3) is 0 Å². The summed E-state index contributed by atoms with van der Waals surface area (Å²) in [5.41, 5.74) is 1.45. The number of likely N-dealkylation sites (N-methyl/N-ethyl adjacent to an activating group) is 1. The number of halogens is 4. The number of hydrogen-bond donors (Lipinski definition) is 1. The molecule has 0 aliphatic heterocycles. The molecule has 2 amide bonds. The Morgan fingerprint density at radius 3 is 2.29 bits per heavy atom. The van der Waals surface area contributed by atoms with Crippen LogP contribution in [0, 0.1) is 0 Å². The molecule has 0 spiro atoms. The Morgan fingerprint density at radius 2 is 1.68 bits per heavy atom. The van der Waals surface area contributed by atoms with E-state index in [4.69, 9.17) is 39.5 Å². The topological polar surface area (TPSA) is 58.6 Å². The van der Waals surface area contributed by atoms with Crippen molar-refractivity contribution >= 4 is 62.5 Å². The summed E-state index contributed by atoms with van der Waals surface area (Å²) < 4.78 is 6.36. The standard InChI is InChI=1S/C25H22BrCl3N2O3/c1-30-25(33)22(12-16-6-3-2-4-7-16)31(14-18-20(28)8-5-9-21(18)29)24(32)15-34-23-11-10-17(27)13-19(23)26/h2-11,13,22H,12,14-15H2,1H3,(H,30,33)/t22-/m1/s1. The van der Waals surface area contributed by atoms with Crippen LogP contribution >= 0.6 is 50.7 Å². The van der Waals surface area contributed by atoms with Crippen LogP contribution in [0.4, 0.5) is 0 Å². The molecule has 34 heavy (non-hydrogen) atoms. The molecule has 0 bridgehead atoms. The number of ether oxygens (including phenoxy) is 1. The zero-order valence-electron chi connectivity index (χ0n) is 18.2. The number of carbonyl (C=O) groups excluding carboxylic acids is 2. The summed E-state index contributed by atoms with van der Waals surface area (Å²) in [7, 11) is 1.53. The normalized spacial score (nSPS) is 11.6. The quantitative estimate of drug-likeness (QED) is 0.327. The number of nitrogens with one attached hydrogen (secondary N) is 1. The van der Waals surface area contributed by atoms with Gasteiger partial charge in [-0.1, -0.05) is 71.2 Å². The first kappa shape index (κ1) is 26.4. The summed E-state index contributed by atoms with van der Waals surface area (Å²) in [6, 6.07) is 18.8. The minimum absolute atomic E-state index is 0.0351. The molecule has 1 atom stereocenters. The molecule has 1 N–H and O–H groups in total. The molecule has 0 aliphatic rings. The molecule has 178 valence electrons. The number of rotatable bonds is 9. The number of hydrogen-bond acceptors (Lipinski definition) is 3. The summed E-state index contributed by atoms with van der Waals surface area (Å²) >= 11 is 22.2. The summed E-state index contributed by atoms with van der Waals surface area (Å²) in [4.78, 5) is 27.9. The van der Waals surface area contributed by atoms with Gasteiger partial charge < -0.3 is 15.0 Å². The van der Waals surface area contributed by atoms with Crippen molar-refractivity contribution in [1.82, 2.24) is 10.2 Å². The second kappa shape index (κ2) is 12.5. The van der Waals surface area contributed by atoms with Crippen LogP contribution in [0.5, 0.6) is 5.75 Å². The molecule has 0 radical (unpaired) electrons. The fraction of sp³-hybridized carbons (Fsp3) is 0.200. The van der Waals surface area contributed by atoms with Gasteiger partial charge in [-0.3, -0.25) is 9.59 Å². The van der Waals surface area contributed by atoms with Crippen LogP contribution in [0.3, 0.4) is 0 Å². The van der Waals surface area contributed by atoms with E-state index in [1.165, 1.54) is 11.9 Å². The monoisotopic (exact) mass is 582 g/mol. The summed E-state index contributed by atoms with van der Waals surface area (Å²) in [5, 5.41) is 4.00. The van der Waals surface area contributed by atoms with Gasteiger partial charge in [0, 0.05) is 40.6 Å². The molecule has 3 aromatic rings. The second-order valence-electron chi connectivity index (χ2n) is 7.41. The van der Waals surface area contributed by atoms with Crippen LogP contribution in [0.2, 0.25) is 15.1 Å². The maximum absolute atomic E-state index is 13.5. The maximum Gasteiger partial charge on any atom is 0.261 e. The minimum Gasteiger partial charge on any atom is -0.483 e. The van der Waals surface area contributed by atoms with E-state index in [9.17, 15) is 9.59 Å². The minimum atomic E-state index is -0.815. The highest BCUT2D eigenvalue weighted by Crippen LogP contribution is 2.29. The zero-order chi connectivity index (χ0) is 24.7. The molecule has 0 aliphatic carbocycles. The van der Waals surface area contributed by atoms with Gasteiger partial charge in [-0.25, -0.2) is 0 Å². The van der Waals surface area contributed by atoms with Crippen molar-refractivity contribution < 1.29 is 14.3 Å². The zero-order valence-corrected chi connectivity index (χ0v) is 22.1. The number of nitrogens with zero attached hydrogens (tertiary/aromatic N) is 1. The lowest BCUT2D eigenvalue weighted by Gasteiger charge is -2.31. The van der Waals surface area contributed by atoms with E-state index in [1.807, 2.05) is 30.3 Å². The lowest BCUT2D eigenvalue weighted by Crippen LogP contribution is -2.51. The van der Waals surface area contributed by atoms with Gasteiger partial charge in [0.1, 0.15) is 11.8 Å². The molecule has 0 aromatic heterocycles. The molecule has 0 heterocycles. The third-order valence-corrected chi connectivity index (χ3v) is 6.72. The molecule has 0 saturated heterocycles. The number of benzene rings is 3. The average Bonchev–Trinajstić information content (AvgIpc) is 2.82. The highest BCUT2D eigenvalue weighted by molar-refractivity contribution is 9.10. The first-order chi connectivity index (χ1) is 16.3. The van der Waals surface area contributed by atoms with E-state index in [2.05, 4.69) is 21.2 Å². The van der Waals surface area contributed by atoms with Gasteiger partial charge in [-0.05, 0) is 51.8 Å². The Bertz CT molecular complexity index is 1140. The van der Waals surface area contributed by atoms with Crippen molar-refractivity contribution in [1.29, 1.82) is 0 Å². The van der Waals surface area contributed by atoms with Gasteiger partial charge >= 0.3 is 0 Å². The lowest BCUT2D eigenvalue weighted by atomic mass is 10.0. The molecule has 0 saturated carbocycles. The molecule has 9 heteroatoms. The van der Waals surface area contributed by atoms with Gasteiger partial charge in [0.2, 0.25) is 5.91 Å². The largest absolute Gasteiger partial charge is 0.483 e. The highest BCUT2D eigenvalue weighted by atomic mass is 79.9. The average molecular weight is 585 g/mol. The molecule has 5 nitrogen and oxygen atoms in total. The van der Waals surface area contributed by atoms with Gasteiger partial charge in [-0.15, -0.1) is 0 Å². The lowest BCUT2D eigenvalue weighted by molar-refractivity contribution is -0.142.